The van der Waals surface area contributed by atoms with Gasteiger partial charge in [0.1, 0.15) is 0 Å². The smallest absolute Gasteiger partial charge is 0.0843 e. The minimum absolute atomic E-state index is 0.673. The van der Waals surface area contributed by atoms with Crippen LogP contribution in [0.3, 0.4) is 0 Å². The summed E-state index contributed by atoms with van der Waals surface area (Å²) in [6, 6.07) is 8.93. The molecule has 1 aliphatic carbocycles. The second-order valence-corrected chi connectivity index (χ2v) is 5.23. The molecule has 2 N–H and O–H groups in total. The second-order valence-electron chi connectivity index (χ2n) is 5.23. The lowest BCUT2D eigenvalue weighted by atomic mass is 9.91. The van der Waals surface area contributed by atoms with Crippen molar-refractivity contribution in [3.8, 4) is 0 Å². The monoisotopic (exact) mass is 240 g/mol. The summed E-state index contributed by atoms with van der Waals surface area (Å²) in [6.07, 6.45) is 8.16. The normalized spacial score (nSPS) is 22.2. The second kappa shape index (κ2) is 4.89. The molecule has 0 bridgehead atoms. The maximum absolute atomic E-state index is 3.39. The number of allylic oxidation sites excluding steroid dienone is 3. The fourth-order valence-corrected chi connectivity index (χ4v) is 2.86. The molecule has 1 unspecified atom stereocenters. The van der Waals surface area contributed by atoms with Gasteiger partial charge in [-0.3, -0.25) is 0 Å². The summed E-state index contributed by atoms with van der Waals surface area (Å²) in [5.41, 5.74) is 5.61. The molecule has 1 aromatic carbocycles. The number of hydrogen-bond acceptors (Lipinski definition) is 2. The Kier molecular flexibility index (Phi) is 3.09. The zero-order valence-corrected chi connectivity index (χ0v) is 10.9. The highest BCUT2D eigenvalue weighted by molar-refractivity contribution is 5.69. The first-order valence-electron chi connectivity index (χ1n) is 6.76. The molecule has 0 radical (unpaired) electrons. The standard InChI is InChI=1S/C16H20N2/c1-12-5-7-13(8-6-12)16-4-2-3-14(16)9-15-10-17-11-18-15/h4-8,10,14,17-18H,2-3,9,11H2,1H3. The Labute approximate surface area is 109 Å². The van der Waals surface area contributed by atoms with Crippen LogP contribution in [0.15, 0.2) is 42.2 Å². The predicted molar refractivity (Wildman–Crippen MR) is 75.7 cm³/mol. The molecule has 18 heavy (non-hydrogen) atoms. The Morgan fingerprint density at radius 2 is 2.06 bits per heavy atom. The van der Waals surface area contributed by atoms with Gasteiger partial charge in [0.15, 0.2) is 0 Å². The maximum Gasteiger partial charge on any atom is 0.0843 e. The van der Waals surface area contributed by atoms with Crippen molar-refractivity contribution in [1.82, 2.24) is 10.6 Å². The topological polar surface area (TPSA) is 24.1 Å². The van der Waals surface area contributed by atoms with E-state index in [1.54, 1.807) is 0 Å². The van der Waals surface area contributed by atoms with E-state index < -0.39 is 0 Å². The third-order valence-electron chi connectivity index (χ3n) is 3.86. The molecule has 0 amide bonds. The van der Waals surface area contributed by atoms with E-state index in [4.69, 9.17) is 0 Å². The average Bonchev–Trinajstić information content (AvgIpc) is 3.02. The first-order chi connectivity index (χ1) is 8.83. The summed E-state index contributed by atoms with van der Waals surface area (Å²) < 4.78 is 0. The molecule has 2 heteroatoms. The number of aryl methyl sites for hydroxylation is 1. The Morgan fingerprint density at radius 3 is 2.78 bits per heavy atom. The van der Waals surface area contributed by atoms with Crippen LogP contribution >= 0.6 is 0 Å². The average molecular weight is 240 g/mol. The quantitative estimate of drug-likeness (QED) is 0.848. The molecule has 3 rings (SSSR count). The van der Waals surface area contributed by atoms with Crippen molar-refractivity contribution in [1.29, 1.82) is 0 Å². The van der Waals surface area contributed by atoms with E-state index in [0.717, 1.165) is 13.1 Å². The Bertz CT molecular complexity index is 482. The largest absolute Gasteiger partial charge is 0.372 e. The van der Waals surface area contributed by atoms with Crippen molar-refractivity contribution in [3.05, 3.63) is 53.4 Å². The van der Waals surface area contributed by atoms with E-state index in [1.165, 1.54) is 35.2 Å². The molecular formula is C16H20N2. The van der Waals surface area contributed by atoms with Gasteiger partial charge in [-0.15, -0.1) is 0 Å². The molecule has 1 aliphatic heterocycles. The van der Waals surface area contributed by atoms with E-state index >= 15 is 0 Å². The number of hydrogen-bond donors (Lipinski definition) is 2. The van der Waals surface area contributed by atoms with Crippen molar-refractivity contribution in [2.75, 3.05) is 6.67 Å². The zero-order chi connectivity index (χ0) is 12.4. The summed E-state index contributed by atoms with van der Waals surface area (Å²) in [5.74, 6) is 0.673. The van der Waals surface area contributed by atoms with Gasteiger partial charge >= 0.3 is 0 Å². The summed E-state index contributed by atoms with van der Waals surface area (Å²) in [6.45, 7) is 3.02. The van der Waals surface area contributed by atoms with Gasteiger partial charge in [0.2, 0.25) is 0 Å². The van der Waals surface area contributed by atoms with Gasteiger partial charge in [0, 0.05) is 11.9 Å². The molecule has 2 aliphatic rings. The van der Waals surface area contributed by atoms with Crippen LogP contribution in [0.25, 0.3) is 5.57 Å². The van der Waals surface area contributed by atoms with Gasteiger partial charge in [-0.05, 0) is 43.2 Å². The van der Waals surface area contributed by atoms with Crippen molar-refractivity contribution in [2.45, 2.75) is 26.2 Å². The zero-order valence-electron chi connectivity index (χ0n) is 10.9. The summed E-state index contributed by atoms with van der Waals surface area (Å²) >= 11 is 0. The Morgan fingerprint density at radius 1 is 1.22 bits per heavy atom. The fourth-order valence-electron chi connectivity index (χ4n) is 2.86. The van der Waals surface area contributed by atoms with E-state index in [1.807, 2.05) is 0 Å². The molecule has 0 saturated carbocycles. The van der Waals surface area contributed by atoms with Crippen LogP contribution in [0.2, 0.25) is 0 Å². The molecule has 1 aromatic rings. The first-order valence-corrected chi connectivity index (χ1v) is 6.76. The molecule has 2 nitrogen and oxygen atoms in total. The summed E-state index contributed by atoms with van der Waals surface area (Å²) in [7, 11) is 0. The third-order valence-corrected chi connectivity index (χ3v) is 3.86. The molecule has 1 heterocycles. The predicted octanol–water partition coefficient (Wildman–Crippen LogP) is 3.17. The third kappa shape index (κ3) is 2.28. The van der Waals surface area contributed by atoms with Gasteiger partial charge in [-0.1, -0.05) is 35.9 Å². The van der Waals surface area contributed by atoms with Gasteiger partial charge < -0.3 is 10.6 Å². The van der Waals surface area contributed by atoms with E-state index in [0.29, 0.717) is 5.92 Å². The van der Waals surface area contributed by atoms with Crippen molar-refractivity contribution in [2.24, 2.45) is 5.92 Å². The summed E-state index contributed by atoms with van der Waals surface area (Å²) in [5, 5.41) is 6.60. The highest BCUT2D eigenvalue weighted by Gasteiger charge is 2.22. The van der Waals surface area contributed by atoms with Crippen LogP contribution in [0, 0.1) is 12.8 Å². The van der Waals surface area contributed by atoms with Gasteiger partial charge in [0.25, 0.3) is 0 Å². The minimum atomic E-state index is 0.673. The number of nitrogens with one attached hydrogen (secondary N) is 2. The van der Waals surface area contributed by atoms with E-state index in [-0.39, 0.29) is 0 Å². The fraction of sp³-hybridized carbons (Fsp3) is 0.375. The summed E-state index contributed by atoms with van der Waals surface area (Å²) in [4.78, 5) is 0. The minimum Gasteiger partial charge on any atom is -0.372 e. The van der Waals surface area contributed by atoms with Crippen LogP contribution in [-0.2, 0) is 0 Å². The molecule has 0 aromatic heterocycles. The molecular weight excluding hydrogens is 220 g/mol. The Balaban J connectivity index is 1.76. The van der Waals surface area contributed by atoms with Crippen molar-refractivity contribution < 1.29 is 0 Å². The van der Waals surface area contributed by atoms with Gasteiger partial charge in [-0.25, -0.2) is 0 Å². The van der Waals surface area contributed by atoms with Crippen LogP contribution in [0.1, 0.15) is 30.4 Å². The molecule has 1 atom stereocenters. The van der Waals surface area contributed by atoms with Crippen LogP contribution in [0.5, 0.6) is 0 Å². The molecule has 0 fully saturated rings. The molecule has 0 spiro atoms. The Hall–Kier alpha value is -1.70. The molecule has 94 valence electrons. The van der Waals surface area contributed by atoms with Crippen LogP contribution in [-0.4, -0.2) is 6.67 Å². The first kappa shape index (κ1) is 11.4. The van der Waals surface area contributed by atoms with E-state index in [9.17, 15) is 0 Å². The SMILES string of the molecule is Cc1ccc(C2=CCCC2CC2=CNCN2)cc1. The lowest BCUT2D eigenvalue weighted by Gasteiger charge is -2.16. The lowest BCUT2D eigenvalue weighted by molar-refractivity contribution is 0.616. The lowest BCUT2D eigenvalue weighted by Crippen LogP contribution is -2.15. The van der Waals surface area contributed by atoms with Crippen molar-refractivity contribution >= 4 is 5.57 Å². The number of benzene rings is 1. The number of rotatable bonds is 3. The van der Waals surface area contributed by atoms with Gasteiger partial charge in [0.05, 0.1) is 6.67 Å². The van der Waals surface area contributed by atoms with E-state index in [2.05, 4.69) is 54.1 Å². The highest BCUT2D eigenvalue weighted by Crippen LogP contribution is 2.37. The van der Waals surface area contributed by atoms with Gasteiger partial charge in [-0.2, -0.15) is 0 Å². The van der Waals surface area contributed by atoms with Crippen LogP contribution < -0.4 is 10.6 Å². The maximum atomic E-state index is 3.39. The van der Waals surface area contributed by atoms with Crippen LogP contribution in [0.4, 0.5) is 0 Å². The highest BCUT2D eigenvalue weighted by atomic mass is 15.1. The molecule has 0 saturated heterocycles. The van der Waals surface area contributed by atoms with Crippen molar-refractivity contribution in [3.63, 3.8) is 0 Å².